The Bertz CT molecular complexity index is 282. The van der Waals surface area contributed by atoms with Crippen LogP contribution in [-0.2, 0) is 0 Å². The van der Waals surface area contributed by atoms with Gasteiger partial charge in [0.25, 0.3) is 0 Å². The first-order valence-electron chi connectivity index (χ1n) is 4.27. The van der Waals surface area contributed by atoms with Crippen LogP contribution < -0.4 is 11.3 Å². The Hall–Kier alpha value is -0.820. The molecule has 0 saturated heterocycles. The maximum Gasteiger partial charge on any atom is 0.0562 e. The Balaban J connectivity index is 2.47. The average molecular weight is 194 g/mol. The van der Waals surface area contributed by atoms with E-state index in [0.717, 1.165) is 12.8 Å². The summed E-state index contributed by atoms with van der Waals surface area (Å²) in [4.78, 5) is 1.28. The summed E-state index contributed by atoms with van der Waals surface area (Å²) < 4.78 is 0. The molecule has 1 unspecified atom stereocenters. The molecule has 1 heterocycles. The Morgan fingerprint density at radius 3 is 3.08 bits per heavy atom. The minimum Gasteiger partial charge on any atom is -0.271 e. The first-order valence-corrected chi connectivity index (χ1v) is 5.15. The highest BCUT2D eigenvalue weighted by molar-refractivity contribution is 7.10. The molecule has 13 heavy (non-hydrogen) atoms. The van der Waals surface area contributed by atoms with E-state index in [1.54, 1.807) is 11.3 Å². The molecule has 1 atom stereocenters. The van der Waals surface area contributed by atoms with Crippen molar-refractivity contribution in [1.29, 1.82) is 0 Å². The van der Waals surface area contributed by atoms with Crippen molar-refractivity contribution in [2.75, 3.05) is 0 Å². The third-order valence-corrected chi connectivity index (χ3v) is 2.81. The molecular formula is C10H14N2S. The smallest absolute Gasteiger partial charge is 0.0562 e. The van der Waals surface area contributed by atoms with Gasteiger partial charge in [-0.3, -0.25) is 11.3 Å². The molecule has 3 N–H and O–H groups in total. The second-order valence-corrected chi connectivity index (χ2v) is 3.68. The maximum atomic E-state index is 5.45. The Morgan fingerprint density at radius 1 is 1.69 bits per heavy atom. The van der Waals surface area contributed by atoms with E-state index >= 15 is 0 Å². The van der Waals surface area contributed by atoms with Crippen molar-refractivity contribution >= 4 is 11.3 Å². The van der Waals surface area contributed by atoms with Crippen molar-refractivity contribution in [3.05, 3.63) is 22.4 Å². The van der Waals surface area contributed by atoms with Gasteiger partial charge in [-0.15, -0.1) is 23.2 Å². The molecule has 0 saturated carbocycles. The van der Waals surface area contributed by atoms with Gasteiger partial charge in [-0.2, -0.15) is 0 Å². The fraction of sp³-hybridized carbons (Fsp3) is 0.400. The molecule has 2 nitrogen and oxygen atoms in total. The summed E-state index contributed by atoms with van der Waals surface area (Å²) in [7, 11) is 0. The van der Waals surface area contributed by atoms with Crippen LogP contribution in [-0.4, -0.2) is 0 Å². The zero-order valence-corrected chi connectivity index (χ0v) is 8.53. The normalized spacial score (nSPS) is 11.8. The number of nitrogens with one attached hydrogen (secondary N) is 1. The molecular weight excluding hydrogens is 180 g/mol. The summed E-state index contributed by atoms with van der Waals surface area (Å²) in [5.74, 6) is 11.4. The van der Waals surface area contributed by atoms with Crippen LogP contribution in [0.1, 0.15) is 30.7 Å². The van der Waals surface area contributed by atoms with Crippen molar-refractivity contribution in [1.82, 2.24) is 5.43 Å². The second-order valence-electron chi connectivity index (χ2n) is 2.70. The predicted octanol–water partition coefficient (Wildman–Crippen LogP) is 2.06. The monoisotopic (exact) mass is 194 g/mol. The van der Waals surface area contributed by atoms with Gasteiger partial charge >= 0.3 is 0 Å². The summed E-state index contributed by atoms with van der Waals surface area (Å²) in [6.07, 6.45) is 1.86. The molecule has 0 aliphatic rings. The zero-order valence-electron chi connectivity index (χ0n) is 7.71. The highest BCUT2D eigenvalue weighted by atomic mass is 32.1. The lowest BCUT2D eigenvalue weighted by molar-refractivity contribution is 0.532. The van der Waals surface area contributed by atoms with Gasteiger partial charge in [0.1, 0.15) is 0 Å². The zero-order chi connectivity index (χ0) is 9.52. The van der Waals surface area contributed by atoms with Crippen LogP contribution in [0.3, 0.4) is 0 Å². The molecule has 0 amide bonds. The number of hydrazine groups is 1. The molecule has 1 rings (SSSR count). The summed E-state index contributed by atoms with van der Waals surface area (Å²) in [6, 6.07) is 4.38. The van der Waals surface area contributed by atoms with Crippen LogP contribution in [0.2, 0.25) is 0 Å². The van der Waals surface area contributed by atoms with E-state index in [1.807, 2.05) is 13.0 Å². The van der Waals surface area contributed by atoms with Crippen LogP contribution in [0.4, 0.5) is 0 Å². The van der Waals surface area contributed by atoms with Crippen molar-refractivity contribution < 1.29 is 0 Å². The highest BCUT2D eigenvalue weighted by Gasteiger charge is 2.08. The van der Waals surface area contributed by atoms with E-state index in [1.165, 1.54) is 4.88 Å². The minimum atomic E-state index is 0.251. The summed E-state index contributed by atoms with van der Waals surface area (Å²) >= 11 is 1.72. The molecule has 0 aliphatic heterocycles. The maximum absolute atomic E-state index is 5.45. The van der Waals surface area contributed by atoms with Gasteiger partial charge < -0.3 is 0 Å². The number of rotatable bonds is 4. The standard InChI is InChI=1S/C10H14N2S/c1-2-3-4-6-9(12-11)10-7-5-8-13-10/h5,7-9,12H,4,6,11H2,1H3. The lowest BCUT2D eigenvalue weighted by atomic mass is 10.1. The Morgan fingerprint density at radius 2 is 2.54 bits per heavy atom. The molecule has 0 aliphatic carbocycles. The van der Waals surface area contributed by atoms with Gasteiger partial charge in [0.2, 0.25) is 0 Å². The highest BCUT2D eigenvalue weighted by Crippen LogP contribution is 2.21. The predicted molar refractivity (Wildman–Crippen MR) is 57.1 cm³/mol. The lowest BCUT2D eigenvalue weighted by Crippen LogP contribution is -2.27. The van der Waals surface area contributed by atoms with E-state index in [9.17, 15) is 0 Å². The Kier molecular flexibility index (Phi) is 4.55. The van der Waals surface area contributed by atoms with Crippen LogP contribution in [0.25, 0.3) is 0 Å². The van der Waals surface area contributed by atoms with E-state index < -0.39 is 0 Å². The van der Waals surface area contributed by atoms with Crippen LogP contribution >= 0.6 is 11.3 Å². The molecule has 1 aromatic rings. The van der Waals surface area contributed by atoms with Crippen molar-refractivity contribution in [3.63, 3.8) is 0 Å². The van der Waals surface area contributed by atoms with Gasteiger partial charge in [0.15, 0.2) is 0 Å². The largest absolute Gasteiger partial charge is 0.271 e. The van der Waals surface area contributed by atoms with Crippen molar-refractivity contribution in [2.45, 2.75) is 25.8 Å². The minimum absolute atomic E-state index is 0.251. The van der Waals surface area contributed by atoms with Gasteiger partial charge in [-0.25, -0.2) is 0 Å². The summed E-state index contributed by atoms with van der Waals surface area (Å²) in [6.45, 7) is 1.86. The third kappa shape index (κ3) is 3.19. The van der Waals surface area contributed by atoms with E-state index in [-0.39, 0.29) is 6.04 Å². The molecule has 0 spiro atoms. The summed E-state index contributed by atoms with van der Waals surface area (Å²) in [5, 5.41) is 2.06. The number of nitrogens with two attached hydrogens (primary N) is 1. The first-order chi connectivity index (χ1) is 6.38. The average Bonchev–Trinajstić information content (AvgIpc) is 2.65. The van der Waals surface area contributed by atoms with Crippen LogP contribution in [0.15, 0.2) is 17.5 Å². The first kappa shape index (κ1) is 10.3. The molecule has 0 aromatic carbocycles. The number of hydrogen-bond donors (Lipinski definition) is 2. The number of hydrogen-bond acceptors (Lipinski definition) is 3. The van der Waals surface area contributed by atoms with Crippen LogP contribution in [0.5, 0.6) is 0 Å². The third-order valence-electron chi connectivity index (χ3n) is 1.82. The summed E-state index contributed by atoms with van der Waals surface area (Å²) in [5.41, 5.74) is 2.81. The van der Waals surface area contributed by atoms with Gasteiger partial charge in [0.05, 0.1) is 6.04 Å². The molecule has 3 heteroatoms. The fourth-order valence-electron chi connectivity index (χ4n) is 1.14. The molecule has 70 valence electrons. The SMILES string of the molecule is CC#CCCC(NN)c1cccs1. The topological polar surface area (TPSA) is 38.0 Å². The molecule has 0 bridgehead atoms. The molecule has 1 aromatic heterocycles. The van der Waals surface area contributed by atoms with E-state index in [2.05, 4.69) is 28.7 Å². The van der Waals surface area contributed by atoms with Gasteiger partial charge in [-0.05, 0) is 24.8 Å². The van der Waals surface area contributed by atoms with Crippen molar-refractivity contribution in [3.8, 4) is 11.8 Å². The lowest BCUT2D eigenvalue weighted by Gasteiger charge is -2.11. The molecule has 0 radical (unpaired) electrons. The fourth-order valence-corrected chi connectivity index (χ4v) is 1.96. The van der Waals surface area contributed by atoms with Crippen molar-refractivity contribution in [2.24, 2.45) is 5.84 Å². The molecule has 0 fully saturated rings. The van der Waals surface area contributed by atoms with E-state index in [0.29, 0.717) is 0 Å². The number of thiophene rings is 1. The Labute approximate surface area is 83.1 Å². The quantitative estimate of drug-likeness (QED) is 0.437. The van der Waals surface area contributed by atoms with E-state index in [4.69, 9.17) is 5.84 Å². The van der Waals surface area contributed by atoms with Gasteiger partial charge in [0, 0.05) is 11.3 Å². The van der Waals surface area contributed by atoms with Gasteiger partial charge in [-0.1, -0.05) is 6.07 Å². The van der Waals surface area contributed by atoms with Crippen LogP contribution in [0, 0.1) is 11.8 Å². The second kappa shape index (κ2) is 5.76.